The van der Waals surface area contributed by atoms with Crippen LogP contribution in [0.3, 0.4) is 0 Å². The first kappa shape index (κ1) is 19.6. The van der Waals surface area contributed by atoms with Crippen molar-refractivity contribution in [2.24, 2.45) is 5.92 Å². The molecule has 1 amide bonds. The Hall–Kier alpha value is -3.40. The number of allylic oxidation sites excluding steroid dienone is 2. The van der Waals surface area contributed by atoms with Gasteiger partial charge in [-0.15, -0.1) is 0 Å². The van der Waals surface area contributed by atoms with Crippen LogP contribution < -0.4 is 0 Å². The van der Waals surface area contributed by atoms with E-state index in [0.29, 0.717) is 12.5 Å². The summed E-state index contributed by atoms with van der Waals surface area (Å²) >= 11 is 0. The number of carbonyl (C=O) groups is 1. The molecular formula is C27H27N3O. The van der Waals surface area contributed by atoms with Crippen molar-refractivity contribution in [3.63, 3.8) is 0 Å². The third kappa shape index (κ3) is 4.24. The molecule has 0 fully saturated rings. The number of fused-ring (bicyclic) bond motifs is 2. The summed E-state index contributed by atoms with van der Waals surface area (Å²) in [4.78, 5) is 23.4. The summed E-state index contributed by atoms with van der Waals surface area (Å²) in [6.07, 6.45) is 12.5. The number of para-hydroxylation sites is 1. The number of pyridine rings is 1. The van der Waals surface area contributed by atoms with Crippen molar-refractivity contribution < 1.29 is 4.79 Å². The molecule has 0 spiro atoms. The summed E-state index contributed by atoms with van der Waals surface area (Å²) in [5.74, 6) is 0.638. The number of hydrogen-bond acceptors (Lipinski definition) is 2. The smallest absolute Gasteiger partial charge is 0.253 e. The Morgan fingerprint density at radius 2 is 2.03 bits per heavy atom. The average molecular weight is 410 g/mol. The van der Waals surface area contributed by atoms with Gasteiger partial charge in [0.25, 0.3) is 5.91 Å². The van der Waals surface area contributed by atoms with Crippen LogP contribution in [0.5, 0.6) is 0 Å². The van der Waals surface area contributed by atoms with E-state index >= 15 is 0 Å². The Morgan fingerprint density at radius 3 is 2.94 bits per heavy atom. The maximum Gasteiger partial charge on any atom is 0.253 e. The molecule has 0 aliphatic heterocycles. The second-order valence-corrected chi connectivity index (χ2v) is 8.42. The molecule has 2 heterocycles. The largest absolute Gasteiger partial charge is 0.361 e. The number of hydrogen-bond donors (Lipinski definition) is 1. The fourth-order valence-corrected chi connectivity index (χ4v) is 4.59. The van der Waals surface area contributed by atoms with Crippen LogP contribution in [-0.4, -0.2) is 33.9 Å². The van der Waals surface area contributed by atoms with Crippen LogP contribution in [0.15, 0.2) is 79.1 Å². The fourth-order valence-electron chi connectivity index (χ4n) is 4.59. The predicted molar refractivity (Wildman–Crippen MR) is 126 cm³/mol. The zero-order valence-electron chi connectivity index (χ0n) is 17.6. The lowest BCUT2D eigenvalue weighted by Crippen LogP contribution is -2.37. The van der Waals surface area contributed by atoms with E-state index in [1.54, 1.807) is 6.20 Å². The molecule has 0 saturated carbocycles. The van der Waals surface area contributed by atoms with Crippen molar-refractivity contribution in [1.29, 1.82) is 0 Å². The van der Waals surface area contributed by atoms with E-state index in [1.165, 1.54) is 10.9 Å². The van der Waals surface area contributed by atoms with Gasteiger partial charge in [0.1, 0.15) is 0 Å². The molecule has 31 heavy (non-hydrogen) atoms. The standard InChI is InChI=1S/C27H27N3O/c31-27(22-12-13-25-21(17-22)9-6-15-28-25)30(19-20-7-2-1-3-8-20)16-14-23-18-29-26-11-5-4-10-24(23)26/h1-2,4-6,9-13,15,17-18,20,29H,3,7-8,14,16,19H2. The Labute approximate surface area is 182 Å². The van der Waals surface area contributed by atoms with Gasteiger partial charge in [0, 0.05) is 47.3 Å². The van der Waals surface area contributed by atoms with E-state index in [0.717, 1.165) is 54.2 Å². The van der Waals surface area contributed by atoms with Crippen molar-refractivity contribution in [3.8, 4) is 0 Å². The van der Waals surface area contributed by atoms with E-state index in [2.05, 4.69) is 51.4 Å². The summed E-state index contributed by atoms with van der Waals surface area (Å²) in [5.41, 5.74) is 4.07. The van der Waals surface area contributed by atoms with Crippen LogP contribution in [0.4, 0.5) is 0 Å². The van der Waals surface area contributed by atoms with Crippen LogP contribution in [0.1, 0.15) is 35.2 Å². The number of H-pyrrole nitrogens is 1. The van der Waals surface area contributed by atoms with Gasteiger partial charge in [-0.3, -0.25) is 9.78 Å². The van der Waals surface area contributed by atoms with Gasteiger partial charge in [0.2, 0.25) is 0 Å². The summed E-state index contributed by atoms with van der Waals surface area (Å²) in [6, 6.07) is 18.1. The molecule has 1 atom stereocenters. The van der Waals surface area contributed by atoms with Gasteiger partial charge >= 0.3 is 0 Å². The van der Waals surface area contributed by atoms with Gasteiger partial charge in [0.15, 0.2) is 0 Å². The number of aromatic nitrogens is 2. The quantitative estimate of drug-likeness (QED) is 0.412. The first-order chi connectivity index (χ1) is 15.3. The number of aromatic amines is 1. The normalized spacial score (nSPS) is 16.1. The highest BCUT2D eigenvalue weighted by Gasteiger charge is 2.21. The zero-order chi connectivity index (χ0) is 21.0. The van der Waals surface area contributed by atoms with Crippen molar-refractivity contribution >= 4 is 27.7 Å². The van der Waals surface area contributed by atoms with E-state index in [1.807, 2.05) is 36.4 Å². The first-order valence-corrected chi connectivity index (χ1v) is 11.1. The van der Waals surface area contributed by atoms with Crippen LogP contribution in [-0.2, 0) is 6.42 Å². The minimum Gasteiger partial charge on any atom is -0.361 e. The summed E-state index contributed by atoms with van der Waals surface area (Å²) in [6.45, 7) is 1.52. The topological polar surface area (TPSA) is 49.0 Å². The second-order valence-electron chi connectivity index (χ2n) is 8.42. The number of amides is 1. The highest BCUT2D eigenvalue weighted by atomic mass is 16.2. The molecule has 4 heteroatoms. The van der Waals surface area contributed by atoms with E-state index in [4.69, 9.17) is 0 Å². The lowest BCUT2D eigenvalue weighted by molar-refractivity contribution is 0.0726. The summed E-state index contributed by atoms with van der Waals surface area (Å²) in [5, 5.41) is 2.25. The van der Waals surface area contributed by atoms with Gasteiger partial charge in [0.05, 0.1) is 5.52 Å². The second kappa shape index (κ2) is 8.76. The van der Waals surface area contributed by atoms with E-state index < -0.39 is 0 Å². The molecule has 1 N–H and O–H groups in total. The minimum absolute atomic E-state index is 0.111. The highest BCUT2D eigenvalue weighted by molar-refractivity contribution is 5.98. The summed E-state index contributed by atoms with van der Waals surface area (Å²) < 4.78 is 0. The maximum atomic E-state index is 13.6. The van der Waals surface area contributed by atoms with Crippen LogP contribution in [0.25, 0.3) is 21.8 Å². The Morgan fingerprint density at radius 1 is 1.10 bits per heavy atom. The molecule has 4 aromatic rings. The lowest BCUT2D eigenvalue weighted by Gasteiger charge is -2.28. The van der Waals surface area contributed by atoms with E-state index in [9.17, 15) is 4.79 Å². The maximum absolute atomic E-state index is 13.6. The van der Waals surface area contributed by atoms with Crippen molar-refractivity contribution in [1.82, 2.24) is 14.9 Å². The number of nitrogens with zero attached hydrogens (tertiary/aromatic N) is 2. The molecule has 5 rings (SSSR count). The van der Waals surface area contributed by atoms with Crippen LogP contribution in [0.2, 0.25) is 0 Å². The fraction of sp³-hybridized carbons (Fsp3) is 0.259. The van der Waals surface area contributed by atoms with Gasteiger partial charge in [-0.1, -0.05) is 36.4 Å². The molecule has 1 aliphatic carbocycles. The van der Waals surface area contributed by atoms with Gasteiger partial charge < -0.3 is 9.88 Å². The van der Waals surface area contributed by atoms with Gasteiger partial charge in [-0.05, 0) is 67.5 Å². The highest BCUT2D eigenvalue weighted by Crippen LogP contribution is 2.23. The van der Waals surface area contributed by atoms with E-state index in [-0.39, 0.29) is 5.91 Å². The summed E-state index contributed by atoms with van der Waals surface area (Å²) in [7, 11) is 0. The molecule has 0 bridgehead atoms. The lowest BCUT2D eigenvalue weighted by atomic mass is 9.93. The predicted octanol–water partition coefficient (Wildman–Crippen LogP) is 5.76. The van der Waals surface area contributed by atoms with Crippen molar-refractivity contribution in [2.75, 3.05) is 13.1 Å². The molecular weight excluding hydrogens is 382 g/mol. The van der Waals surface area contributed by atoms with Crippen molar-refractivity contribution in [2.45, 2.75) is 25.7 Å². The van der Waals surface area contributed by atoms with Crippen LogP contribution >= 0.6 is 0 Å². The number of carbonyl (C=O) groups excluding carboxylic acids is 1. The molecule has 0 saturated heterocycles. The molecule has 156 valence electrons. The number of rotatable bonds is 6. The van der Waals surface area contributed by atoms with Gasteiger partial charge in [-0.25, -0.2) is 0 Å². The molecule has 2 aromatic heterocycles. The SMILES string of the molecule is O=C(c1ccc2ncccc2c1)N(CCc1c[nH]c2ccccc12)CC1CC=CCC1. The molecule has 1 aliphatic rings. The number of benzene rings is 2. The minimum atomic E-state index is 0.111. The first-order valence-electron chi connectivity index (χ1n) is 11.1. The molecule has 4 nitrogen and oxygen atoms in total. The average Bonchev–Trinajstić information content (AvgIpc) is 3.25. The Kier molecular flexibility index (Phi) is 5.53. The Bertz CT molecular complexity index is 1240. The number of nitrogens with one attached hydrogen (secondary N) is 1. The molecule has 2 aromatic carbocycles. The third-order valence-electron chi connectivity index (χ3n) is 6.32. The van der Waals surface area contributed by atoms with Gasteiger partial charge in [-0.2, -0.15) is 0 Å². The third-order valence-corrected chi connectivity index (χ3v) is 6.32. The van der Waals surface area contributed by atoms with Crippen molar-refractivity contribution in [3.05, 3.63) is 90.3 Å². The molecule has 0 radical (unpaired) electrons. The zero-order valence-corrected chi connectivity index (χ0v) is 17.6. The molecule has 1 unspecified atom stereocenters. The van der Waals surface area contributed by atoms with Crippen LogP contribution in [0, 0.1) is 5.92 Å². The monoisotopic (exact) mass is 409 g/mol. The Balaban J connectivity index is 1.39.